The van der Waals surface area contributed by atoms with Gasteiger partial charge in [-0.25, -0.2) is 0 Å². The van der Waals surface area contributed by atoms with Gasteiger partial charge in [0.15, 0.2) is 0 Å². The maximum absolute atomic E-state index is 8.90. The molecule has 0 bridgehead atoms. The molecule has 3 rings (SSSR count). The van der Waals surface area contributed by atoms with Gasteiger partial charge in [0, 0.05) is 6.04 Å². The van der Waals surface area contributed by atoms with Gasteiger partial charge in [-0.2, -0.15) is 5.26 Å². The Labute approximate surface area is 125 Å². The molecule has 0 radical (unpaired) electrons. The van der Waals surface area contributed by atoms with Crippen LogP contribution in [0, 0.1) is 11.3 Å². The van der Waals surface area contributed by atoms with Crippen LogP contribution in [0.1, 0.15) is 41.1 Å². The third-order valence-corrected chi connectivity index (χ3v) is 3.94. The van der Waals surface area contributed by atoms with Gasteiger partial charge in [-0.05, 0) is 60.2 Å². The average Bonchev–Trinajstić information content (AvgIpc) is 2.53. The summed E-state index contributed by atoms with van der Waals surface area (Å²) in [6.45, 7) is 0.473. The Morgan fingerprint density at radius 2 is 2.14 bits per heavy atom. The van der Waals surface area contributed by atoms with Crippen molar-refractivity contribution in [2.45, 2.75) is 31.9 Å². The van der Waals surface area contributed by atoms with E-state index in [2.05, 4.69) is 18.2 Å². The predicted octanol–water partition coefficient (Wildman–Crippen LogP) is 3.47. The van der Waals surface area contributed by atoms with Crippen LogP contribution in [0.5, 0.6) is 5.75 Å². The summed E-state index contributed by atoms with van der Waals surface area (Å²) in [5.74, 6) is 0.866. The molecule has 0 aromatic heterocycles. The van der Waals surface area contributed by atoms with E-state index in [4.69, 9.17) is 15.7 Å². The molecule has 1 aliphatic carbocycles. The molecule has 21 heavy (non-hydrogen) atoms. The molecule has 0 heterocycles. The fraction of sp³-hybridized carbons (Fsp3) is 0.278. The molecule has 3 nitrogen and oxygen atoms in total. The minimum absolute atomic E-state index is 0.162. The summed E-state index contributed by atoms with van der Waals surface area (Å²) in [5, 5.41) is 8.90. The Balaban J connectivity index is 1.72. The van der Waals surface area contributed by atoms with E-state index in [1.807, 2.05) is 24.3 Å². The summed E-state index contributed by atoms with van der Waals surface area (Å²) in [6.07, 6.45) is 3.28. The molecule has 2 N–H and O–H groups in total. The highest BCUT2D eigenvalue weighted by Crippen LogP contribution is 2.30. The number of rotatable bonds is 3. The minimum atomic E-state index is 0.162. The Bertz CT molecular complexity index is 688. The van der Waals surface area contributed by atoms with Crippen LogP contribution >= 0.6 is 0 Å². The van der Waals surface area contributed by atoms with Crippen LogP contribution in [0.2, 0.25) is 0 Å². The van der Waals surface area contributed by atoms with Crippen molar-refractivity contribution in [1.29, 1.82) is 5.26 Å². The van der Waals surface area contributed by atoms with E-state index < -0.39 is 0 Å². The van der Waals surface area contributed by atoms with E-state index in [0.717, 1.165) is 30.6 Å². The Hall–Kier alpha value is -2.31. The van der Waals surface area contributed by atoms with Crippen LogP contribution in [0.15, 0.2) is 42.5 Å². The Morgan fingerprint density at radius 3 is 3.00 bits per heavy atom. The van der Waals surface area contributed by atoms with Crippen LogP contribution < -0.4 is 10.5 Å². The lowest BCUT2D eigenvalue weighted by atomic mass is 9.88. The van der Waals surface area contributed by atoms with E-state index >= 15 is 0 Å². The van der Waals surface area contributed by atoms with E-state index in [0.29, 0.717) is 12.2 Å². The summed E-state index contributed by atoms with van der Waals surface area (Å²) >= 11 is 0. The minimum Gasteiger partial charge on any atom is -0.489 e. The van der Waals surface area contributed by atoms with Crippen LogP contribution in [0.4, 0.5) is 0 Å². The molecule has 3 heteroatoms. The van der Waals surface area contributed by atoms with Crippen molar-refractivity contribution in [3.05, 3.63) is 64.7 Å². The molecule has 0 aliphatic heterocycles. The fourth-order valence-electron chi connectivity index (χ4n) is 2.82. The quantitative estimate of drug-likeness (QED) is 0.935. The molecule has 2 aromatic carbocycles. The predicted molar refractivity (Wildman–Crippen MR) is 81.8 cm³/mol. The van der Waals surface area contributed by atoms with Gasteiger partial charge in [0.25, 0.3) is 0 Å². The van der Waals surface area contributed by atoms with E-state index in [1.165, 1.54) is 11.1 Å². The van der Waals surface area contributed by atoms with Crippen LogP contribution in [0.25, 0.3) is 0 Å². The normalized spacial score (nSPS) is 16.9. The third kappa shape index (κ3) is 3.07. The van der Waals surface area contributed by atoms with Crippen molar-refractivity contribution < 1.29 is 4.74 Å². The molecule has 0 saturated heterocycles. The first kappa shape index (κ1) is 13.7. The zero-order chi connectivity index (χ0) is 14.7. The number of nitriles is 1. The standard InChI is InChI=1S/C18H18N2O/c19-11-13-3-1-4-14(9-13)12-21-16-7-8-17-15(10-16)5-2-6-18(17)20/h1,3-4,7-10,18H,2,5-6,12,20H2. The lowest BCUT2D eigenvalue weighted by Gasteiger charge is -2.22. The number of nitrogens with two attached hydrogens (primary N) is 1. The molecule has 1 unspecified atom stereocenters. The molecule has 0 saturated carbocycles. The summed E-state index contributed by atoms with van der Waals surface area (Å²) < 4.78 is 5.84. The SMILES string of the molecule is N#Cc1cccc(COc2ccc3c(c2)CCCC3N)c1. The highest BCUT2D eigenvalue weighted by atomic mass is 16.5. The molecule has 1 aliphatic rings. The molecule has 0 fully saturated rings. The zero-order valence-corrected chi connectivity index (χ0v) is 11.9. The van der Waals surface area contributed by atoms with E-state index in [9.17, 15) is 0 Å². The van der Waals surface area contributed by atoms with Gasteiger partial charge in [-0.3, -0.25) is 0 Å². The van der Waals surface area contributed by atoms with Crippen molar-refractivity contribution in [2.24, 2.45) is 5.73 Å². The van der Waals surface area contributed by atoms with Crippen molar-refractivity contribution in [2.75, 3.05) is 0 Å². The molecular formula is C18H18N2O. The van der Waals surface area contributed by atoms with Crippen molar-refractivity contribution in [1.82, 2.24) is 0 Å². The van der Waals surface area contributed by atoms with Crippen LogP contribution in [0.3, 0.4) is 0 Å². The lowest BCUT2D eigenvalue weighted by Crippen LogP contribution is -2.17. The lowest BCUT2D eigenvalue weighted by molar-refractivity contribution is 0.305. The monoisotopic (exact) mass is 278 g/mol. The first-order valence-electron chi connectivity index (χ1n) is 7.26. The maximum Gasteiger partial charge on any atom is 0.120 e. The van der Waals surface area contributed by atoms with Gasteiger partial charge < -0.3 is 10.5 Å². The van der Waals surface area contributed by atoms with Gasteiger partial charge in [0.2, 0.25) is 0 Å². The first-order chi connectivity index (χ1) is 10.3. The maximum atomic E-state index is 8.90. The first-order valence-corrected chi connectivity index (χ1v) is 7.26. The summed E-state index contributed by atoms with van der Waals surface area (Å²) in [6, 6.07) is 16.0. The molecule has 2 aromatic rings. The van der Waals surface area contributed by atoms with Gasteiger partial charge in [-0.15, -0.1) is 0 Å². The van der Waals surface area contributed by atoms with Crippen molar-refractivity contribution in [3.63, 3.8) is 0 Å². The molecular weight excluding hydrogens is 260 g/mol. The number of benzene rings is 2. The average molecular weight is 278 g/mol. The van der Waals surface area contributed by atoms with Gasteiger partial charge in [0.05, 0.1) is 11.6 Å². The molecule has 106 valence electrons. The molecule has 0 spiro atoms. The number of ether oxygens (including phenoxy) is 1. The number of hydrogen-bond acceptors (Lipinski definition) is 3. The van der Waals surface area contributed by atoms with Crippen molar-refractivity contribution in [3.8, 4) is 11.8 Å². The number of hydrogen-bond donors (Lipinski definition) is 1. The number of fused-ring (bicyclic) bond motifs is 1. The third-order valence-electron chi connectivity index (χ3n) is 3.94. The topological polar surface area (TPSA) is 59.0 Å². The molecule has 0 amide bonds. The van der Waals surface area contributed by atoms with Crippen LogP contribution in [-0.2, 0) is 13.0 Å². The zero-order valence-electron chi connectivity index (χ0n) is 11.9. The number of nitrogens with zero attached hydrogens (tertiary/aromatic N) is 1. The van der Waals surface area contributed by atoms with Gasteiger partial charge in [0.1, 0.15) is 12.4 Å². The summed E-state index contributed by atoms with van der Waals surface area (Å²) in [5.41, 5.74) is 10.3. The molecule has 1 atom stereocenters. The summed E-state index contributed by atoms with van der Waals surface area (Å²) in [7, 11) is 0. The number of aryl methyl sites for hydroxylation is 1. The van der Waals surface area contributed by atoms with E-state index in [1.54, 1.807) is 6.07 Å². The Kier molecular flexibility index (Phi) is 3.89. The highest BCUT2D eigenvalue weighted by Gasteiger charge is 2.16. The Morgan fingerprint density at radius 1 is 1.24 bits per heavy atom. The van der Waals surface area contributed by atoms with Gasteiger partial charge >= 0.3 is 0 Å². The van der Waals surface area contributed by atoms with E-state index in [-0.39, 0.29) is 6.04 Å². The summed E-state index contributed by atoms with van der Waals surface area (Å²) in [4.78, 5) is 0. The van der Waals surface area contributed by atoms with Gasteiger partial charge in [-0.1, -0.05) is 18.2 Å². The van der Waals surface area contributed by atoms with Crippen molar-refractivity contribution >= 4 is 0 Å². The van der Waals surface area contributed by atoms with Crippen LogP contribution in [-0.4, -0.2) is 0 Å². The second-order valence-electron chi connectivity index (χ2n) is 5.46. The largest absolute Gasteiger partial charge is 0.489 e. The smallest absolute Gasteiger partial charge is 0.120 e. The second kappa shape index (κ2) is 5.99. The second-order valence-corrected chi connectivity index (χ2v) is 5.46. The highest BCUT2D eigenvalue weighted by molar-refractivity contribution is 5.39. The fourth-order valence-corrected chi connectivity index (χ4v) is 2.82.